The lowest BCUT2D eigenvalue weighted by Gasteiger charge is -2.31. The topological polar surface area (TPSA) is 55.2 Å². The molecule has 0 spiro atoms. The molecule has 5 nitrogen and oxygen atoms in total. The van der Waals surface area contributed by atoms with Gasteiger partial charge in [0.1, 0.15) is 5.82 Å². The third-order valence-corrected chi connectivity index (χ3v) is 6.73. The van der Waals surface area contributed by atoms with Crippen molar-refractivity contribution in [3.63, 3.8) is 0 Å². The van der Waals surface area contributed by atoms with Crippen molar-refractivity contribution in [3.05, 3.63) is 105 Å². The summed E-state index contributed by atoms with van der Waals surface area (Å²) >= 11 is 6.25. The second-order valence-electron chi connectivity index (χ2n) is 9.83. The summed E-state index contributed by atoms with van der Waals surface area (Å²) in [5.74, 6) is 0.829. The van der Waals surface area contributed by atoms with Crippen LogP contribution in [0.3, 0.4) is 0 Å². The van der Waals surface area contributed by atoms with Gasteiger partial charge in [0.2, 0.25) is 0 Å². The highest BCUT2D eigenvalue weighted by Crippen LogP contribution is 2.26. The summed E-state index contributed by atoms with van der Waals surface area (Å²) < 4.78 is 1.63. The first-order chi connectivity index (χ1) is 17.2. The average molecular weight is 502 g/mol. The molecular weight excluding hydrogens is 470 g/mol. The van der Waals surface area contributed by atoms with Crippen molar-refractivity contribution in [3.8, 4) is 5.69 Å². The van der Waals surface area contributed by atoms with Crippen LogP contribution in [-0.4, -0.2) is 26.9 Å². The van der Waals surface area contributed by atoms with E-state index in [0.29, 0.717) is 45.5 Å². The van der Waals surface area contributed by atoms with Crippen LogP contribution in [0, 0.1) is 19.8 Å². The maximum absolute atomic E-state index is 13.8. The van der Waals surface area contributed by atoms with Crippen LogP contribution < -0.4 is 5.56 Å². The summed E-state index contributed by atoms with van der Waals surface area (Å²) in [6.07, 6.45) is 0.829. The monoisotopic (exact) mass is 501 g/mol. The summed E-state index contributed by atoms with van der Waals surface area (Å²) in [5.41, 5.74) is 3.84. The van der Waals surface area contributed by atoms with Gasteiger partial charge in [-0.2, -0.15) is 0 Å². The Morgan fingerprint density at radius 1 is 0.944 bits per heavy atom. The van der Waals surface area contributed by atoms with Crippen molar-refractivity contribution in [2.75, 3.05) is 6.54 Å². The number of carbonyl (C=O) groups excluding carboxylic acids is 1. The lowest BCUT2D eigenvalue weighted by molar-refractivity contribution is 0.0671. The number of nitrogens with zero attached hydrogens (tertiary/aromatic N) is 3. The molecule has 0 aliphatic carbocycles. The van der Waals surface area contributed by atoms with Gasteiger partial charge in [-0.1, -0.05) is 60.8 Å². The van der Waals surface area contributed by atoms with Crippen LogP contribution in [0.5, 0.6) is 0 Å². The summed E-state index contributed by atoms with van der Waals surface area (Å²) in [6, 6.07) is 20.0. The number of aromatic nitrogens is 2. The van der Waals surface area contributed by atoms with E-state index < -0.39 is 6.04 Å². The van der Waals surface area contributed by atoms with Gasteiger partial charge in [-0.25, -0.2) is 4.98 Å². The van der Waals surface area contributed by atoms with Crippen molar-refractivity contribution < 1.29 is 4.79 Å². The molecule has 4 rings (SSSR count). The largest absolute Gasteiger partial charge is 0.329 e. The lowest BCUT2D eigenvalue weighted by atomic mass is 10.1. The molecule has 0 fully saturated rings. The number of fused-ring (bicyclic) bond motifs is 1. The van der Waals surface area contributed by atoms with Crippen LogP contribution in [0.15, 0.2) is 71.5 Å². The SMILES string of the molecule is Cc1ccc(C(=O)N(CCC(C)C)C(C)c2nc3cc(Cl)ccc3c(=O)n2-c2ccc(C)cc2)cc1. The molecule has 1 aromatic heterocycles. The van der Waals surface area contributed by atoms with E-state index in [-0.39, 0.29) is 11.5 Å². The minimum absolute atomic E-state index is 0.0842. The highest BCUT2D eigenvalue weighted by atomic mass is 35.5. The van der Waals surface area contributed by atoms with Crippen LogP contribution >= 0.6 is 11.6 Å². The quantitative estimate of drug-likeness (QED) is 0.276. The third-order valence-electron chi connectivity index (χ3n) is 6.50. The fraction of sp³-hybridized carbons (Fsp3) is 0.300. The molecule has 36 heavy (non-hydrogen) atoms. The second-order valence-corrected chi connectivity index (χ2v) is 10.3. The molecule has 0 N–H and O–H groups in total. The number of carbonyl (C=O) groups is 1. The molecule has 0 saturated heterocycles. The van der Waals surface area contributed by atoms with Crippen molar-refractivity contribution >= 4 is 28.4 Å². The van der Waals surface area contributed by atoms with Gasteiger partial charge in [0.25, 0.3) is 11.5 Å². The minimum atomic E-state index is -0.463. The van der Waals surface area contributed by atoms with Gasteiger partial charge in [-0.3, -0.25) is 14.2 Å². The number of benzene rings is 3. The van der Waals surface area contributed by atoms with Crippen LogP contribution in [-0.2, 0) is 0 Å². The fourth-order valence-electron chi connectivity index (χ4n) is 4.27. The number of halogens is 1. The number of hydrogen-bond donors (Lipinski definition) is 0. The van der Waals surface area contributed by atoms with Crippen molar-refractivity contribution in [2.24, 2.45) is 5.92 Å². The molecule has 1 amide bonds. The Labute approximate surface area is 217 Å². The molecule has 6 heteroatoms. The molecular formula is C30H32ClN3O2. The molecule has 0 saturated carbocycles. The van der Waals surface area contributed by atoms with Gasteiger partial charge >= 0.3 is 0 Å². The Morgan fingerprint density at radius 2 is 1.56 bits per heavy atom. The van der Waals surface area contributed by atoms with E-state index in [9.17, 15) is 9.59 Å². The molecule has 0 bridgehead atoms. The Kier molecular flexibility index (Phi) is 7.60. The summed E-state index contributed by atoms with van der Waals surface area (Å²) in [4.78, 5) is 34.3. The molecule has 186 valence electrons. The lowest BCUT2D eigenvalue weighted by Crippen LogP contribution is -2.38. The molecule has 4 aromatic rings. The van der Waals surface area contributed by atoms with Gasteiger partial charge in [0.05, 0.1) is 22.6 Å². The predicted octanol–water partition coefficient (Wildman–Crippen LogP) is 6.91. The first-order valence-corrected chi connectivity index (χ1v) is 12.7. The zero-order valence-corrected chi connectivity index (χ0v) is 22.2. The zero-order chi connectivity index (χ0) is 26.0. The number of amides is 1. The van der Waals surface area contributed by atoms with E-state index in [1.165, 1.54) is 0 Å². The fourth-order valence-corrected chi connectivity index (χ4v) is 4.44. The average Bonchev–Trinajstić information content (AvgIpc) is 2.84. The predicted molar refractivity (Wildman–Crippen MR) is 147 cm³/mol. The Bertz CT molecular complexity index is 1440. The second kappa shape index (κ2) is 10.7. The smallest absolute Gasteiger partial charge is 0.266 e. The molecule has 1 atom stereocenters. The number of rotatable bonds is 7. The van der Waals surface area contributed by atoms with E-state index in [2.05, 4.69) is 13.8 Å². The summed E-state index contributed by atoms with van der Waals surface area (Å²) in [6.45, 7) is 10.8. The van der Waals surface area contributed by atoms with E-state index in [4.69, 9.17) is 16.6 Å². The van der Waals surface area contributed by atoms with Crippen molar-refractivity contribution in [2.45, 2.75) is 47.1 Å². The molecule has 1 heterocycles. The maximum atomic E-state index is 13.8. The first-order valence-electron chi connectivity index (χ1n) is 12.3. The minimum Gasteiger partial charge on any atom is -0.329 e. The van der Waals surface area contributed by atoms with Gasteiger partial charge in [-0.15, -0.1) is 0 Å². The standard InChI is InChI=1S/C30H32ClN3O2/c1-19(2)16-17-33(29(35)23-10-6-20(3)7-11-23)22(5)28-32-27-18-24(31)12-15-26(27)30(36)34(28)25-13-8-21(4)9-14-25/h6-15,18-19,22H,16-17H2,1-5H3. The molecule has 0 radical (unpaired) electrons. The molecule has 0 aliphatic rings. The Hall–Kier alpha value is -3.44. The van der Waals surface area contributed by atoms with E-state index in [1.807, 2.05) is 74.2 Å². The van der Waals surface area contributed by atoms with Gasteiger partial charge < -0.3 is 4.90 Å². The van der Waals surface area contributed by atoms with Gasteiger partial charge in [0, 0.05) is 17.1 Å². The molecule has 0 aliphatic heterocycles. The highest BCUT2D eigenvalue weighted by molar-refractivity contribution is 6.31. The maximum Gasteiger partial charge on any atom is 0.266 e. The third kappa shape index (κ3) is 5.36. The molecule has 3 aromatic carbocycles. The van der Waals surface area contributed by atoms with E-state index >= 15 is 0 Å². The zero-order valence-electron chi connectivity index (χ0n) is 21.5. The van der Waals surface area contributed by atoms with Crippen molar-refractivity contribution in [1.82, 2.24) is 14.5 Å². The van der Waals surface area contributed by atoms with Crippen LogP contribution in [0.25, 0.3) is 16.6 Å². The normalized spacial score (nSPS) is 12.2. The van der Waals surface area contributed by atoms with Crippen LogP contribution in [0.4, 0.5) is 0 Å². The molecule has 1 unspecified atom stereocenters. The number of hydrogen-bond acceptors (Lipinski definition) is 3. The summed E-state index contributed by atoms with van der Waals surface area (Å²) in [5, 5.41) is 0.989. The summed E-state index contributed by atoms with van der Waals surface area (Å²) in [7, 11) is 0. The van der Waals surface area contributed by atoms with Gasteiger partial charge in [-0.05, 0) is 75.6 Å². The van der Waals surface area contributed by atoms with E-state index in [1.54, 1.807) is 22.8 Å². The van der Waals surface area contributed by atoms with E-state index in [0.717, 1.165) is 17.5 Å². The van der Waals surface area contributed by atoms with Gasteiger partial charge in [0.15, 0.2) is 0 Å². The van der Waals surface area contributed by atoms with Crippen molar-refractivity contribution in [1.29, 1.82) is 0 Å². The Balaban J connectivity index is 1.91. The van der Waals surface area contributed by atoms with Crippen LogP contribution in [0.2, 0.25) is 5.02 Å². The first kappa shape index (κ1) is 25.6. The Morgan fingerprint density at radius 3 is 2.17 bits per heavy atom. The highest BCUT2D eigenvalue weighted by Gasteiger charge is 2.28. The number of aryl methyl sites for hydroxylation is 2. The van der Waals surface area contributed by atoms with Crippen LogP contribution in [0.1, 0.15) is 60.5 Å².